The van der Waals surface area contributed by atoms with E-state index in [1.54, 1.807) is 72.8 Å². The molecule has 2 N–H and O–H groups in total. The summed E-state index contributed by atoms with van der Waals surface area (Å²) in [5.74, 6) is 0. The molecule has 6 aromatic rings. The summed E-state index contributed by atoms with van der Waals surface area (Å²) in [6.07, 6.45) is 10.5. The maximum Gasteiger partial charge on any atom is 0.488 e. The molecule has 0 amide bonds. The molecule has 0 unspecified atom stereocenters. The molecule has 0 fully saturated rings. The maximum absolute atomic E-state index is 8.58. The summed E-state index contributed by atoms with van der Waals surface area (Å²) >= 11 is 18.4. The fraction of sp³-hybridized carbons (Fsp3) is 0. The van der Waals surface area contributed by atoms with Gasteiger partial charge in [0.05, 0.1) is 4.88 Å². The molecular formula is C27H19BBrCl2N5O2S2. The van der Waals surface area contributed by atoms with Gasteiger partial charge in [0.15, 0.2) is 5.15 Å². The molecule has 1 aromatic carbocycles. The average molecular weight is 671 g/mol. The summed E-state index contributed by atoms with van der Waals surface area (Å²) in [7, 11) is -1.34. The fourth-order valence-electron chi connectivity index (χ4n) is 3.11. The molecule has 0 saturated heterocycles. The van der Waals surface area contributed by atoms with E-state index in [1.165, 1.54) is 11.3 Å². The van der Waals surface area contributed by atoms with E-state index in [0.29, 0.717) is 15.8 Å². The zero-order valence-electron chi connectivity index (χ0n) is 20.5. The van der Waals surface area contributed by atoms with Crippen LogP contribution in [0.2, 0.25) is 10.3 Å². The van der Waals surface area contributed by atoms with Gasteiger partial charge < -0.3 is 10.0 Å². The van der Waals surface area contributed by atoms with Crippen molar-refractivity contribution >= 4 is 74.4 Å². The topological polar surface area (TPSA) is 105 Å². The molecule has 13 heteroatoms. The van der Waals surface area contributed by atoms with E-state index in [2.05, 4.69) is 40.8 Å². The van der Waals surface area contributed by atoms with Crippen LogP contribution < -0.4 is 5.46 Å². The largest absolute Gasteiger partial charge is 0.488 e. The lowest BCUT2D eigenvalue weighted by Crippen LogP contribution is -2.29. The molecule has 0 atom stereocenters. The molecule has 0 aliphatic heterocycles. The highest BCUT2D eigenvalue weighted by atomic mass is 79.9. The van der Waals surface area contributed by atoms with E-state index < -0.39 is 7.12 Å². The van der Waals surface area contributed by atoms with Crippen LogP contribution in [0.25, 0.3) is 31.6 Å². The van der Waals surface area contributed by atoms with Crippen LogP contribution >= 0.6 is 61.8 Å². The Labute approximate surface area is 257 Å². The maximum atomic E-state index is 8.58. The molecule has 0 radical (unpaired) electrons. The number of rotatable bonds is 4. The Bertz CT molecular complexity index is 1590. The average Bonchev–Trinajstić information content (AvgIpc) is 3.57. The predicted molar refractivity (Wildman–Crippen MR) is 168 cm³/mol. The first kappa shape index (κ1) is 29.9. The Kier molecular flexibility index (Phi) is 11.3. The van der Waals surface area contributed by atoms with Gasteiger partial charge in [-0.1, -0.05) is 59.6 Å². The van der Waals surface area contributed by atoms with Gasteiger partial charge in [-0.25, -0.2) is 9.97 Å². The summed E-state index contributed by atoms with van der Waals surface area (Å²) in [5.41, 5.74) is 3.47. The van der Waals surface area contributed by atoms with Crippen molar-refractivity contribution in [3.8, 4) is 31.6 Å². The van der Waals surface area contributed by atoms with Gasteiger partial charge in [0, 0.05) is 53.9 Å². The van der Waals surface area contributed by atoms with E-state index >= 15 is 0 Å². The summed E-state index contributed by atoms with van der Waals surface area (Å²) in [5, 5.41) is 19.9. The Balaban J connectivity index is 0.000000148. The van der Waals surface area contributed by atoms with E-state index in [1.807, 2.05) is 42.5 Å². The number of halogens is 3. The van der Waals surface area contributed by atoms with Crippen LogP contribution in [-0.2, 0) is 0 Å². The minimum Gasteiger partial charge on any atom is -0.423 e. The number of benzene rings is 1. The third-order valence-electron chi connectivity index (χ3n) is 4.97. The van der Waals surface area contributed by atoms with Crippen molar-refractivity contribution in [2.45, 2.75) is 0 Å². The van der Waals surface area contributed by atoms with Gasteiger partial charge in [0.1, 0.15) is 19.0 Å². The molecule has 0 aliphatic carbocycles. The van der Waals surface area contributed by atoms with Crippen molar-refractivity contribution in [1.82, 2.24) is 24.9 Å². The first-order chi connectivity index (χ1) is 19.4. The molecular weight excluding hydrogens is 652 g/mol. The molecule has 5 aromatic heterocycles. The number of aromatic nitrogens is 5. The van der Waals surface area contributed by atoms with Crippen LogP contribution in [0.4, 0.5) is 0 Å². The minimum absolute atomic E-state index is 0.504. The third-order valence-corrected chi connectivity index (χ3v) is 8.88. The van der Waals surface area contributed by atoms with Crippen molar-refractivity contribution in [3.63, 3.8) is 0 Å². The Morgan fingerprint density at radius 2 is 1.12 bits per heavy atom. The summed E-state index contributed by atoms with van der Waals surface area (Å²) in [4.78, 5) is 21.7. The summed E-state index contributed by atoms with van der Waals surface area (Å²) in [6, 6.07) is 20.2. The second-order valence-corrected chi connectivity index (χ2v) is 11.8. The number of hydrogen-bond donors (Lipinski definition) is 2. The Morgan fingerprint density at radius 1 is 0.625 bits per heavy atom. The molecule has 0 bridgehead atoms. The second kappa shape index (κ2) is 15.1. The SMILES string of the molecule is Clc1nc(-c2cccnc2)sc1-c1cccnc1.Clc1nc(-c2cccnc2)sc1Br.OB(O)c1ccccc1. The van der Waals surface area contributed by atoms with E-state index in [9.17, 15) is 0 Å². The molecule has 6 rings (SSSR count). The molecule has 0 aliphatic rings. The molecule has 200 valence electrons. The van der Waals surface area contributed by atoms with Crippen molar-refractivity contribution in [1.29, 1.82) is 0 Å². The van der Waals surface area contributed by atoms with Crippen molar-refractivity contribution < 1.29 is 10.0 Å². The van der Waals surface area contributed by atoms with Crippen molar-refractivity contribution in [3.05, 3.63) is 118 Å². The van der Waals surface area contributed by atoms with Gasteiger partial charge in [-0.3, -0.25) is 15.0 Å². The van der Waals surface area contributed by atoms with E-state index in [-0.39, 0.29) is 0 Å². The third kappa shape index (κ3) is 8.49. The van der Waals surface area contributed by atoms with Crippen molar-refractivity contribution in [2.24, 2.45) is 0 Å². The quantitative estimate of drug-likeness (QED) is 0.197. The number of thiazole rings is 2. The van der Waals surface area contributed by atoms with Crippen LogP contribution in [0.5, 0.6) is 0 Å². The van der Waals surface area contributed by atoms with Gasteiger partial charge in [0.25, 0.3) is 0 Å². The van der Waals surface area contributed by atoms with Crippen LogP contribution in [-0.4, -0.2) is 42.1 Å². The Hall–Kier alpha value is -3.03. The van der Waals surface area contributed by atoms with Gasteiger partial charge in [-0.15, -0.1) is 22.7 Å². The summed E-state index contributed by atoms with van der Waals surface area (Å²) in [6.45, 7) is 0. The van der Waals surface area contributed by atoms with Gasteiger partial charge in [0.2, 0.25) is 0 Å². The van der Waals surface area contributed by atoms with E-state index in [0.717, 1.165) is 35.4 Å². The molecule has 0 saturated carbocycles. The highest BCUT2D eigenvalue weighted by Gasteiger charge is 2.13. The molecule has 0 spiro atoms. The van der Waals surface area contributed by atoms with Gasteiger partial charge in [-0.2, -0.15) is 0 Å². The molecule has 5 heterocycles. The van der Waals surface area contributed by atoms with Crippen LogP contribution in [0.3, 0.4) is 0 Å². The lowest BCUT2D eigenvalue weighted by atomic mass is 9.81. The van der Waals surface area contributed by atoms with Crippen LogP contribution in [0, 0.1) is 0 Å². The molecule has 7 nitrogen and oxygen atoms in total. The van der Waals surface area contributed by atoms with Crippen LogP contribution in [0.1, 0.15) is 0 Å². The number of pyridine rings is 3. The monoisotopic (exact) mass is 669 g/mol. The second-order valence-electron chi connectivity index (χ2n) is 7.73. The molecule has 40 heavy (non-hydrogen) atoms. The zero-order chi connectivity index (χ0) is 28.3. The zero-order valence-corrected chi connectivity index (χ0v) is 25.2. The lowest BCUT2D eigenvalue weighted by Gasteiger charge is -1.94. The van der Waals surface area contributed by atoms with Crippen molar-refractivity contribution in [2.75, 3.05) is 0 Å². The van der Waals surface area contributed by atoms with E-state index in [4.69, 9.17) is 33.2 Å². The first-order valence-corrected chi connectivity index (χ1v) is 14.7. The number of nitrogens with zero attached hydrogens (tertiary/aromatic N) is 5. The fourth-order valence-corrected chi connectivity index (χ4v) is 5.88. The predicted octanol–water partition coefficient (Wildman–Crippen LogP) is 6.91. The van der Waals surface area contributed by atoms with Gasteiger partial charge >= 0.3 is 7.12 Å². The summed E-state index contributed by atoms with van der Waals surface area (Å²) < 4.78 is 0.855. The number of hydrogen-bond acceptors (Lipinski definition) is 9. The van der Waals surface area contributed by atoms with Crippen LogP contribution in [0.15, 0.2) is 108 Å². The smallest absolute Gasteiger partial charge is 0.423 e. The highest BCUT2D eigenvalue weighted by Crippen LogP contribution is 2.37. The highest BCUT2D eigenvalue weighted by molar-refractivity contribution is 9.11. The minimum atomic E-state index is -1.34. The normalized spacial score (nSPS) is 10.1. The van der Waals surface area contributed by atoms with Gasteiger partial charge in [-0.05, 0) is 51.7 Å². The lowest BCUT2D eigenvalue weighted by molar-refractivity contribution is 0.426. The Morgan fingerprint density at radius 3 is 1.55 bits per heavy atom. The first-order valence-electron chi connectivity index (χ1n) is 11.5. The standard InChI is InChI=1S/C13H8ClN3S.C8H4BrClN2S.C6H7BO2/c14-12-11(9-3-1-5-15-7-9)18-13(17-12)10-4-2-6-16-8-10;9-6-7(10)12-8(13-6)5-2-1-3-11-4-5;8-7(9)6-4-2-1-3-5-6/h1-8H;1-4H;1-5,8-9H.